The standard InChI is InChI=1S/2Cs.Mo.4H2O/h;;;4*1H2/q2*+1;;;;;. The van der Waals surface area contributed by atoms with Gasteiger partial charge in [-0.2, -0.15) is 0 Å². The number of rotatable bonds is 0. The van der Waals surface area contributed by atoms with Crippen LogP contribution in [-0.2, 0) is 21.1 Å². The van der Waals surface area contributed by atoms with Crippen LogP contribution in [-0.4, -0.2) is 21.9 Å². The zero-order chi connectivity index (χ0) is 0. The van der Waals surface area contributed by atoms with Crippen LogP contribution in [0.2, 0.25) is 0 Å². The molecular weight excluding hydrogens is 426 g/mol. The van der Waals surface area contributed by atoms with E-state index in [9.17, 15) is 0 Å². The molecule has 0 aliphatic carbocycles. The molecule has 0 bridgehead atoms. The van der Waals surface area contributed by atoms with Crippen molar-refractivity contribution in [1.82, 2.24) is 0 Å². The van der Waals surface area contributed by atoms with Gasteiger partial charge in [0.25, 0.3) is 0 Å². The van der Waals surface area contributed by atoms with Crippen LogP contribution < -0.4 is 138 Å². The molecule has 0 rings (SSSR count). The Labute approximate surface area is 174 Å². The van der Waals surface area contributed by atoms with E-state index in [1.165, 1.54) is 0 Å². The smallest absolute Gasteiger partial charge is 0.412 e. The van der Waals surface area contributed by atoms with E-state index < -0.39 is 0 Å². The molecule has 0 aliphatic heterocycles. The fourth-order valence-electron chi connectivity index (χ4n) is 0. The van der Waals surface area contributed by atoms with Crippen LogP contribution in [0.1, 0.15) is 0 Å². The van der Waals surface area contributed by atoms with Crippen molar-refractivity contribution in [3.63, 3.8) is 0 Å². The number of hydrogen-bond acceptors (Lipinski definition) is 0. The quantitative estimate of drug-likeness (QED) is 0.336. The first-order chi connectivity index (χ1) is 0. The zero-order valence-electron chi connectivity index (χ0n) is 4.41. The van der Waals surface area contributed by atoms with Crippen LogP contribution in [0.25, 0.3) is 0 Å². The molecule has 7 heavy (non-hydrogen) atoms. The van der Waals surface area contributed by atoms with Crippen molar-refractivity contribution in [3.8, 4) is 0 Å². The van der Waals surface area contributed by atoms with Gasteiger partial charge in [-0.15, -0.1) is 0 Å². The number of hydrogen-bond donors (Lipinski definition) is 0. The van der Waals surface area contributed by atoms with Crippen molar-refractivity contribution in [1.29, 1.82) is 0 Å². The van der Waals surface area contributed by atoms with Gasteiger partial charge in [-0.1, -0.05) is 0 Å². The third-order valence-electron chi connectivity index (χ3n) is 0. The molecule has 0 aliphatic rings. The summed E-state index contributed by atoms with van der Waals surface area (Å²) in [7, 11) is 0. The Morgan fingerprint density at radius 2 is 0.429 bits per heavy atom. The van der Waals surface area contributed by atoms with Gasteiger partial charge in [-0.3, -0.25) is 0 Å². The summed E-state index contributed by atoms with van der Waals surface area (Å²) < 4.78 is 0. The van der Waals surface area contributed by atoms with Gasteiger partial charge in [-0.25, -0.2) is 0 Å². The van der Waals surface area contributed by atoms with Crippen molar-refractivity contribution < 1.29 is 181 Å². The Morgan fingerprint density at radius 1 is 0.429 bits per heavy atom. The maximum absolute atomic E-state index is 0. The van der Waals surface area contributed by atoms with Crippen molar-refractivity contribution >= 4 is 0 Å². The van der Waals surface area contributed by atoms with Crippen molar-refractivity contribution in [2.75, 3.05) is 0 Å². The SMILES string of the molecule is O.O.O.O.[Cs+].[Cs+].[Mo]. The van der Waals surface area contributed by atoms with Gasteiger partial charge in [0.05, 0.1) is 0 Å². The third kappa shape index (κ3) is 36.9. The van der Waals surface area contributed by atoms with E-state index in [1.807, 2.05) is 0 Å². The molecular formula is H8Cs2MoO4+2. The van der Waals surface area contributed by atoms with Crippen LogP contribution >= 0.6 is 0 Å². The van der Waals surface area contributed by atoms with Gasteiger partial charge in [0.2, 0.25) is 0 Å². The fraction of sp³-hybridized carbons (Fsp3) is 0. The molecule has 0 aromatic carbocycles. The summed E-state index contributed by atoms with van der Waals surface area (Å²) in [6.45, 7) is 0. The van der Waals surface area contributed by atoms with E-state index in [2.05, 4.69) is 0 Å². The fourth-order valence-corrected chi connectivity index (χ4v) is 0. The summed E-state index contributed by atoms with van der Waals surface area (Å²) in [4.78, 5) is 0. The topological polar surface area (TPSA) is 126 Å². The molecule has 0 radical (unpaired) electrons. The minimum atomic E-state index is 0. The van der Waals surface area contributed by atoms with Crippen molar-refractivity contribution in [3.05, 3.63) is 0 Å². The first-order valence-electron chi connectivity index (χ1n) is 0. The van der Waals surface area contributed by atoms with Gasteiger partial charge in [0, 0.05) is 21.1 Å². The molecule has 0 fully saturated rings. The Bertz CT molecular complexity index is 9.65. The maximum atomic E-state index is 0. The van der Waals surface area contributed by atoms with Gasteiger partial charge in [-0.05, 0) is 0 Å². The van der Waals surface area contributed by atoms with Crippen molar-refractivity contribution in [2.24, 2.45) is 0 Å². The first-order valence-corrected chi connectivity index (χ1v) is 0. The summed E-state index contributed by atoms with van der Waals surface area (Å²) in [5.74, 6) is 0. The average Bonchev–Trinajstić information content (AvgIpc) is 0. The Kier molecular flexibility index (Phi) is 402. The minimum absolute atomic E-state index is 0. The minimum Gasteiger partial charge on any atom is -0.412 e. The van der Waals surface area contributed by atoms with E-state index in [0.717, 1.165) is 0 Å². The van der Waals surface area contributed by atoms with Gasteiger partial charge < -0.3 is 21.9 Å². The Morgan fingerprint density at radius 3 is 0.429 bits per heavy atom. The molecule has 4 nitrogen and oxygen atoms in total. The van der Waals surface area contributed by atoms with E-state index in [0.29, 0.717) is 0 Å². The predicted molar refractivity (Wildman–Crippen MR) is 14.5 cm³/mol. The maximum Gasteiger partial charge on any atom is 1.00 e. The molecule has 7 heteroatoms. The van der Waals surface area contributed by atoms with Gasteiger partial charge in [0.1, 0.15) is 0 Å². The summed E-state index contributed by atoms with van der Waals surface area (Å²) in [6, 6.07) is 0. The van der Waals surface area contributed by atoms with Gasteiger partial charge in [0.15, 0.2) is 0 Å². The first kappa shape index (κ1) is 61.3. The van der Waals surface area contributed by atoms with Crippen molar-refractivity contribution in [2.45, 2.75) is 0 Å². The zero-order valence-corrected chi connectivity index (χ0v) is 19.0. The molecule has 0 aromatic heterocycles. The molecule has 0 unspecified atom stereocenters. The summed E-state index contributed by atoms with van der Waals surface area (Å²) in [5.41, 5.74) is 0. The largest absolute Gasteiger partial charge is 1.00 e. The summed E-state index contributed by atoms with van der Waals surface area (Å²) in [6.07, 6.45) is 0. The second kappa shape index (κ2) is 46.0. The average molecular weight is 434 g/mol. The van der Waals surface area contributed by atoms with Crippen LogP contribution in [0.5, 0.6) is 0 Å². The molecule has 0 aromatic rings. The normalized spacial score (nSPS) is 0. The second-order valence-electron chi connectivity index (χ2n) is 0. The third-order valence-corrected chi connectivity index (χ3v) is 0. The van der Waals surface area contributed by atoms with Crippen LogP contribution in [0.4, 0.5) is 0 Å². The predicted octanol–water partition coefficient (Wildman–Crippen LogP) is -9.29. The molecule has 8 N–H and O–H groups in total. The molecule has 0 saturated carbocycles. The molecule has 38 valence electrons. The molecule has 0 heterocycles. The Balaban J connectivity index is 0. The van der Waals surface area contributed by atoms with E-state index in [4.69, 9.17) is 0 Å². The summed E-state index contributed by atoms with van der Waals surface area (Å²) in [5, 5.41) is 0. The molecule has 0 saturated heterocycles. The monoisotopic (exact) mass is 436 g/mol. The molecule has 0 amide bonds. The molecule has 0 atom stereocenters. The van der Waals surface area contributed by atoms with Gasteiger partial charge >= 0.3 is 138 Å². The molecule has 0 spiro atoms. The van der Waals surface area contributed by atoms with Crippen LogP contribution in [0, 0.1) is 0 Å². The van der Waals surface area contributed by atoms with E-state index in [-0.39, 0.29) is 181 Å². The van der Waals surface area contributed by atoms with Crippen LogP contribution in [0.15, 0.2) is 0 Å². The second-order valence-corrected chi connectivity index (χ2v) is 0. The summed E-state index contributed by atoms with van der Waals surface area (Å²) >= 11 is 0. The van der Waals surface area contributed by atoms with E-state index >= 15 is 0 Å². The van der Waals surface area contributed by atoms with E-state index in [1.54, 1.807) is 0 Å². The van der Waals surface area contributed by atoms with Crippen LogP contribution in [0.3, 0.4) is 0 Å². The Hall–Kier alpha value is 4.63.